The van der Waals surface area contributed by atoms with Gasteiger partial charge in [0.2, 0.25) is 0 Å². The molecule has 136 valence electrons. The number of carboxylic acid groups (broad SMARTS) is 1. The molecule has 0 bridgehead atoms. The van der Waals surface area contributed by atoms with Crippen LogP contribution in [0.4, 0.5) is 11.4 Å². The van der Waals surface area contributed by atoms with Crippen molar-refractivity contribution in [3.8, 4) is 0 Å². The molecule has 0 aliphatic carbocycles. The van der Waals surface area contributed by atoms with Crippen LogP contribution in [0.15, 0.2) is 42.5 Å². The molecule has 0 spiro atoms. The van der Waals surface area contributed by atoms with Gasteiger partial charge in [0.1, 0.15) is 5.56 Å². The van der Waals surface area contributed by atoms with E-state index in [4.69, 9.17) is 0 Å². The van der Waals surface area contributed by atoms with Crippen LogP contribution < -0.4 is 15.3 Å². The number of amides is 3. The Kier molecular flexibility index (Phi) is 4.38. The number of hydrogen-bond acceptors (Lipinski definition) is 7. The van der Waals surface area contributed by atoms with E-state index in [0.717, 1.165) is 11.0 Å². The highest BCUT2D eigenvalue weighted by Gasteiger charge is 2.41. The van der Waals surface area contributed by atoms with Crippen LogP contribution in [0.1, 0.15) is 31.1 Å². The fourth-order valence-corrected chi connectivity index (χ4v) is 2.67. The second kappa shape index (κ2) is 6.67. The second-order valence-electron chi connectivity index (χ2n) is 5.50. The van der Waals surface area contributed by atoms with Gasteiger partial charge >= 0.3 is 0 Å². The van der Waals surface area contributed by atoms with Crippen LogP contribution in [0.5, 0.6) is 0 Å². The van der Waals surface area contributed by atoms with Crippen LogP contribution in [0, 0.1) is 10.1 Å². The summed E-state index contributed by atoms with van der Waals surface area (Å²) in [6, 6.07) is 8.97. The van der Waals surface area contributed by atoms with Gasteiger partial charge in [0.25, 0.3) is 23.4 Å². The highest BCUT2D eigenvalue weighted by molar-refractivity contribution is 6.35. The van der Waals surface area contributed by atoms with Crippen LogP contribution in [0.2, 0.25) is 0 Å². The molecule has 0 saturated carbocycles. The summed E-state index contributed by atoms with van der Waals surface area (Å²) >= 11 is 0. The SMILES string of the molecule is O=C([O-])CNC(=O)c1ccc(N2C(=O)c3cccc([N+](=O)[O-])c3C2=O)cc1. The lowest BCUT2D eigenvalue weighted by atomic mass is 10.1. The van der Waals surface area contributed by atoms with Crippen LogP contribution in [-0.4, -0.2) is 35.2 Å². The molecular weight excluding hydrogens is 358 g/mol. The number of imide groups is 1. The maximum absolute atomic E-state index is 12.6. The Morgan fingerprint density at radius 3 is 2.30 bits per heavy atom. The van der Waals surface area contributed by atoms with Gasteiger partial charge in [0.05, 0.1) is 28.7 Å². The zero-order chi connectivity index (χ0) is 19.7. The minimum absolute atomic E-state index is 0.0787. The molecule has 3 amide bonds. The molecule has 0 aromatic heterocycles. The number of carboxylic acids is 1. The molecule has 0 unspecified atom stereocenters. The number of rotatable bonds is 5. The molecule has 0 radical (unpaired) electrons. The standard InChI is InChI=1S/C17H11N3O7/c21-13(22)8-18-15(23)9-4-6-10(7-5-9)19-16(24)11-2-1-3-12(20(26)27)14(11)17(19)25/h1-7H,8H2,(H,18,23)(H,21,22)/p-1. The van der Waals surface area contributed by atoms with Crippen molar-refractivity contribution in [2.75, 3.05) is 11.4 Å². The monoisotopic (exact) mass is 368 g/mol. The van der Waals surface area contributed by atoms with Gasteiger partial charge in [-0.2, -0.15) is 0 Å². The summed E-state index contributed by atoms with van der Waals surface area (Å²) in [5.74, 6) is -3.68. The van der Waals surface area contributed by atoms with Crippen molar-refractivity contribution >= 4 is 35.1 Å². The zero-order valence-corrected chi connectivity index (χ0v) is 13.5. The fraction of sp³-hybridized carbons (Fsp3) is 0.0588. The normalized spacial score (nSPS) is 12.7. The number of carbonyl (C=O) groups is 4. The van der Waals surface area contributed by atoms with Crippen LogP contribution in [0.3, 0.4) is 0 Å². The third kappa shape index (κ3) is 3.11. The molecular formula is C17H10N3O7-. The predicted octanol–water partition coefficient (Wildman–Crippen LogP) is -0.125. The topological polar surface area (TPSA) is 150 Å². The molecule has 10 heteroatoms. The number of nitrogens with zero attached hydrogens (tertiary/aromatic N) is 2. The highest BCUT2D eigenvalue weighted by Crippen LogP contribution is 2.33. The molecule has 2 aromatic rings. The lowest BCUT2D eigenvalue weighted by molar-refractivity contribution is -0.385. The van der Waals surface area contributed by atoms with Gasteiger partial charge in [-0.05, 0) is 30.3 Å². The molecule has 2 aromatic carbocycles. The molecule has 1 N–H and O–H groups in total. The van der Waals surface area contributed by atoms with E-state index in [2.05, 4.69) is 5.32 Å². The first-order chi connectivity index (χ1) is 12.8. The van der Waals surface area contributed by atoms with Crippen molar-refractivity contribution in [1.82, 2.24) is 5.32 Å². The summed E-state index contributed by atoms with van der Waals surface area (Å²) in [7, 11) is 0. The highest BCUT2D eigenvalue weighted by atomic mass is 16.6. The first kappa shape index (κ1) is 17.7. The van der Waals surface area contributed by atoms with Gasteiger partial charge in [0.15, 0.2) is 0 Å². The van der Waals surface area contributed by atoms with Crippen LogP contribution >= 0.6 is 0 Å². The molecule has 10 nitrogen and oxygen atoms in total. The van der Waals surface area contributed by atoms with Gasteiger partial charge in [-0.3, -0.25) is 24.5 Å². The molecule has 0 atom stereocenters. The van der Waals surface area contributed by atoms with Gasteiger partial charge in [-0.25, -0.2) is 4.90 Å². The number of aliphatic carboxylic acids is 1. The van der Waals surface area contributed by atoms with Gasteiger partial charge in [-0.15, -0.1) is 0 Å². The van der Waals surface area contributed by atoms with E-state index in [1.165, 1.54) is 36.4 Å². The number of nitro benzene ring substituents is 1. The molecule has 1 aliphatic rings. The van der Waals surface area contributed by atoms with Crippen molar-refractivity contribution in [3.05, 3.63) is 69.3 Å². The van der Waals surface area contributed by atoms with Crippen LogP contribution in [-0.2, 0) is 4.79 Å². The molecule has 1 aliphatic heterocycles. The van der Waals surface area contributed by atoms with Crippen molar-refractivity contribution in [1.29, 1.82) is 0 Å². The quantitative estimate of drug-likeness (QED) is 0.439. The Morgan fingerprint density at radius 1 is 1.04 bits per heavy atom. The molecule has 0 fully saturated rings. The minimum atomic E-state index is -1.45. The number of nitrogens with one attached hydrogen (secondary N) is 1. The number of carbonyl (C=O) groups excluding carboxylic acids is 4. The van der Waals surface area contributed by atoms with Gasteiger partial charge < -0.3 is 15.2 Å². The number of nitro groups is 1. The van der Waals surface area contributed by atoms with Crippen molar-refractivity contribution in [3.63, 3.8) is 0 Å². The van der Waals surface area contributed by atoms with E-state index in [9.17, 15) is 34.4 Å². The maximum Gasteiger partial charge on any atom is 0.283 e. The Balaban J connectivity index is 1.90. The van der Waals surface area contributed by atoms with Crippen LogP contribution in [0.25, 0.3) is 0 Å². The Labute approximate surface area is 151 Å². The largest absolute Gasteiger partial charge is 0.548 e. The van der Waals surface area contributed by atoms with E-state index in [-0.39, 0.29) is 22.4 Å². The molecule has 0 saturated heterocycles. The van der Waals surface area contributed by atoms with Gasteiger partial charge in [-0.1, -0.05) is 6.07 Å². The number of hydrogen-bond donors (Lipinski definition) is 1. The third-order valence-corrected chi connectivity index (χ3v) is 3.87. The fourth-order valence-electron chi connectivity index (χ4n) is 2.67. The van der Waals surface area contributed by atoms with E-state index in [1.54, 1.807) is 0 Å². The molecule has 3 rings (SSSR count). The minimum Gasteiger partial charge on any atom is -0.548 e. The Hall–Kier alpha value is -4.08. The second-order valence-corrected chi connectivity index (χ2v) is 5.50. The maximum atomic E-state index is 12.6. The summed E-state index contributed by atoms with van der Waals surface area (Å²) in [4.78, 5) is 58.4. The Bertz CT molecular complexity index is 998. The van der Waals surface area contributed by atoms with E-state index < -0.39 is 40.8 Å². The Morgan fingerprint density at radius 2 is 1.70 bits per heavy atom. The number of benzene rings is 2. The van der Waals surface area contributed by atoms with Crippen molar-refractivity contribution < 1.29 is 29.2 Å². The first-order valence-electron chi connectivity index (χ1n) is 7.55. The first-order valence-corrected chi connectivity index (χ1v) is 7.55. The van der Waals surface area contributed by atoms with E-state index in [0.29, 0.717) is 0 Å². The lowest BCUT2D eigenvalue weighted by Crippen LogP contribution is -2.37. The average Bonchev–Trinajstić information content (AvgIpc) is 2.90. The summed E-state index contributed by atoms with van der Waals surface area (Å²) < 4.78 is 0. The van der Waals surface area contributed by atoms with Gasteiger partial charge in [0, 0.05) is 11.6 Å². The summed E-state index contributed by atoms with van der Waals surface area (Å²) in [6.07, 6.45) is 0. The smallest absolute Gasteiger partial charge is 0.283 e. The van der Waals surface area contributed by atoms with Crippen molar-refractivity contribution in [2.45, 2.75) is 0 Å². The molecule has 27 heavy (non-hydrogen) atoms. The van der Waals surface area contributed by atoms with Crippen molar-refractivity contribution in [2.24, 2.45) is 0 Å². The predicted molar refractivity (Wildman–Crippen MR) is 88.0 cm³/mol. The zero-order valence-electron chi connectivity index (χ0n) is 13.5. The number of anilines is 1. The lowest BCUT2D eigenvalue weighted by Gasteiger charge is -2.14. The summed E-state index contributed by atoms with van der Waals surface area (Å²) in [5, 5.41) is 23.6. The average molecular weight is 368 g/mol. The third-order valence-electron chi connectivity index (χ3n) is 3.87. The van der Waals surface area contributed by atoms with E-state index in [1.807, 2.05) is 0 Å². The number of fused-ring (bicyclic) bond motifs is 1. The van der Waals surface area contributed by atoms with E-state index >= 15 is 0 Å². The summed E-state index contributed by atoms with van der Waals surface area (Å²) in [5.41, 5.74) is -0.616. The summed E-state index contributed by atoms with van der Waals surface area (Å²) in [6.45, 7) is -0.664. The molecule has 1 heterocycles.